The lowest BCUT2D eigenvalue weighted by molar-refractivity contribution is -0.0138. The van der Waals surface area contributed by atoms with Crippen LogP contribution in [-0.4, -0.2) is 39.3 Å². The lowest BCUT2D eigenvalue weighted by atomic mass is 9.68. The number of aliphatic hydroxyl groups excluding tert-OH is 1. The fourth-order valence-electron chi connectivity index (χ4n) is 4.63. The maximum atomic E-state index is 14.1. The molecule has 1 aliphatic heterocycles. The minimum atomic E-state index is -0.754. The summed E-state index contributed by atoms with van der Waals surface area (Å²) in [7, 11) is 0. The number of likely N-dealkylation sites (tertiary alicyclic amines) is 1. The molecule has 8 heteroatoms. The number of benzene rings is 2. The summed E-state index contributed by atoms with van der Waals surface area (Å²) in [6, 6.07) is 8.04. The van der Waals surface area contributed by atoms with Gasteiger partial charge in [0.05, 0.1) is 23.5 Å². The molecular formula is C24H28ClFN4O2. The molecule has 1 fully saturated rings. The van der Waals surface area contributed by atoms with Gasteiger partial charge in [0, 0.05) is 29.1 Å². The Balaban J connectivity index is 1.43. The second-order valence-electron chi connectivity index (χ2n) is 9.23. The summed E-state index contributed by atoms with van der Waals surface area (Å²) >= 11 is 6.27. The van der Waals surface area contributed by atoms with Gasteiger partial charge in [-0.05, 0) is 60.9 Å². The number of carbonyl (C=O) groups excluding carboxylic acids is 1. The van der Waals surface area contributed by atoms with Crippen molar-refractivity contribution in [2.24, 2.45) is 11.3 Å². The van der Waals surface area contributed by atoms with Crippen LogP contribution in [0.4, 0.5) is 14.9 Å². The first kappa shape index (κ1) is 22.6. The third kappa shape index (κ3) is 4.32. The Kier molecular flexibility index (Phi) is 6.14. The second kappa shape index (κ2) is 8.71. The monoisotopic (exact) mass is 458 g/mol. The van der Waals surface area contributed by atoms with E-state index in [4.69, 9.17) is 11.6 Å². The minimum Gasteiger partial charge on any atom is -0.388 e. The van der Waals surface area contributed by atoms with E-state index in [9.17, 15) is 14.3 Å². The van der Waals surface area contributed by atoms with Crippen molar-refractivity contribution in [3.8, 4) is 0 Å². The average molecular weight is 459 g/mol. The van der Waals surface area contributed by atoms with Gasteiger partial charge in [0.2, 0.25) is 0 Å². The highest BCUT2D eigenvalue weighted by atomic mass is 35.5. The molecule has 4 rings (SSSR count). The van der Waals surface area contributed by atoms with Gasteiger partial charge in [0.25, 0.3) is 0 Å². The predicted octanol–water partition coefficient (Wildman–Crippen LogP) is 5.67. The van der Waals surface area contributed by atoms with Crippen molar-refractivity contribution in [3.05, 3.63) is 58.5 Å². The molecule has 0 bridgehead atoms. The largest absolute Gasteiger partial charge is 0.388 e. The maximum Gasteiger partial charge on any atom is 0.321 e. The Bertz CT molecular complexity index is 1140. The van der Waals surface area contributed by atoms with E-state index >= 15 is 0 Å². The molecule has 0 saturated carbocycles. The van der Waals surface area contributed by atoms with Crippen molar-refractivity contribution in [1.29, 1.82) is 0 Å². The van der Waals surface area contributed by atoms with E-state index in [1.54, 1.807) is 36.2 Å². The zero-order chi connectivity index (χ0) is 23.0. The van der Waals surface area contributed by atoms with Gasteiger partial charge in [-0.3, -0.25) is 5.10 Å². The number of fused-ring (bicyclic) bond motifs is 1. The molecule has 2 aromatic carbocycles. The quantitative estimate of drug-likeness (QED) is 0.471. The van der Waals surface area contributed by atoms with Crippen LogP contribution in [0.15, 0.2) is 36.5 Å². The number of amides is 2. The number of piperidine rings is 1. The van der Waals surface area contributed by atoms with Gasteiger partial charge in [-0.2, -0.15) is 5.10 Å². The number of rotatable bonds is 4. The Hall–Kier alpha value is -2.64. The number of aromatic amines is 1. The summed E-state index contributed by atoms with van der Waals surface area (Å²) in [4.78, 5) is 14.3. The van der Waals surface area contributed by atoms with Crippen molar-refractivity contribution in [1.82, 2.24) is 15.1 Å². The first-order chi connectivity index (χ1) is 15.2. The molecule has 1 aliphatic rings. The molecule has 1 saturated heterocycles. The van der Waals surface area contributed by atoms with E-state index in [-0.39, 0.29) is 17.6 Å². The van der Waals surface area contributed by atoms with E-state index in [0.29, 0.717) is 18.1 Å². The van der Waals surface area contributed by atoms with Crippen molar-refractivity contribution in [2.75, 3.05) is 18.4 Å². The molecule has 3 N–H and O–H groups in total. The molecule has 3 aromatic rings. The van der Waals surface area contributed by atoms with Crippen molar-refractivity contribution >= 4 is 34.2 Å². The highest BCUT2D eigenvalue weighted by Gasteiger charge is 2.40. The molecule has 170 valence electrons. The SMILES string of the molecule is Cc1ccc(NC(=O)N2CCC(C(C)(C)C(O)c3cc(Cl)cc4cn[nH]c34)CC2)c(F)c1. The summed E-state index contributed by atoms with van der Waals surface area (Å²) in [6.07, 6.45) is 2.41. The molecule has 0 aliphatic carbocycles. The molecule has 32 heavy (non-hydrogen) atoms. The number of aryl methyl sites for hydroxylation is 1. The van der Waals surface area contributed by atoms with Crippen LogP contribution >= 0.6 is 11.6 Å². The lowest BCUT2D eigenvalue weighted by Crippen LogP contribution is -2.45. The molecule has 0 radical (unpaired) electrons. The van der Waals surface area contributed by atoms with Crippen LogP contribution in [0.5, 0.6) is 0 Å². The topological polar surface area (TPSA) is 81.2 Å². The average Bonchev–Trinajstić information content (AvgIpc) is 3.23. The van der Waals surface area contributed by atoms with Crippen molar-refractivity contribution in [3.63, 3.8) is 0 Å². The van der Waals surface area contributed by atoms with Gasteiger partial charge in [-0.1, -0.05) is 31.5 Å². The van der Waals surface area contributed by atoms with Crippen LogP contribution in [0.1, 0.15) is 43.9 Å². The third-order valence-corrected chi connectivity index (χ3v) is 6.96. The summed E-state index contributed by atoms with van der Waals surface area (Å²) in [6.45, 7) is 6.96. The van der Waals surface area contributed by atoms with Crippen LogP contribution in [0.25, 0.3) is 10.9 Å². The standard InChI is InChI=1S/C24H28ClFN4O2/c1-14-4-5-20(19(26)10-14)28-23(32)30-8-6-16(7-9-30)24(2,3)22(31)18-12-17(25)11-15-13-27-29-21(15)18/h4-5,10-13,16,22,31H,6-9H2,1-3H3,(H,27,29)(H,28,32). The van der Waals surface area contributed by atoms with E-state index in [2.05, 4.69) is 15.5 Å². The van der Waals surface area contributed by atoms with E-state index in [1.165, 1.54) is 6.07 Å². The first-order valence-corrected chi connectivity index (χ1v) is 11.2. The van der Waals surface area contributed by atoms with Crippen molar-refractivity contribution in [2.45, 2.75) is 39.7 Å². The van der Waals surface area contributed by atoms with E-state index in [0.717, 1.165) is 34.9 Å². The van der Waals surface area contributed by atoms with Crippen LogP contribution < -0.4 is 5.32 Å². The predicted molar refractivity (Wildman–Crippen MR) is 124 cm³/mol. The third-order valence-electron chi connectivity index (χ3n) is 6.74. The summed E-state index contributed by atoms with van der Waals surface area (Å²) in [5, 5.41) is 22.5. The molecule has 1 unspecified atom stereocenters. The molecule has 1 aromatic heterocycles. The summed E-state index contributed by atoms with van der Waals surface area (Å²) in [5.41, 5.74) is 2.04. The zero-order valence-electron chi connectivity index (χ0n) is 18.5. The number of carbonyl (C=O) groups is 1. The fraction of sp³-hybridized carbons (Fsp3) is 0.417. The van der Waals surface area contributed by atoms with Gasteiger partial charge >= 0.3 is 6.03 Å². The highest BCUT2D eigenvalue weighted by Crippen LogP contribution is 2.46. The number of anilines is 1. The number of aliphatic hydroxyl groups is 1. The van der Waals surface area contributed by atoms with Crippen LogP contribution in [0.3, 0.4) is 0 Å². The van der Waals surface area contributed by atoms with Gasteiger partial charge in [-0.15, -0.1) is 0 Å². The maximum absolute atomic E-state index is 14.1. The normalized spacial score (nSPS) is 16.4. The van der Waals surface area contributed by atoms with Gasteiger partial charge in [-0.25, -0.2) is 9.18 Å². The second-order valence-corrected chi connectivity index (χ2v) is 9.66. The molecular weight excluding hydrogens is 431 g/mol. The molecule has 6 nitrogen and oxygen atoms in total. The fourth-order valence-corrected chi connectivity index (χ4v) is 4.86. The van der Waals surface area contributed by atoms with Gasteiger partial charge in [0.15, 0.2) is 0 Å². The van der Waals surface area contributed by atoms with E-state index in [1.807, 2.05) is 19.9 Å². The highest BCUT2D eigenvalue weighted by molar-refractivity contribution is 6.31. The van der Waals surface area contributed by atoms with E-state index < -0.39 is 17.3 Å². The van der Waals surface area contributed by atoms with Gasteiger partial charge in [0.1, 0.15) is 5.82 Å². The number of nitrogens with zero attached hydrogens (tertiary/aromatic N) is 2. The summed E-state index contributed by atoms with van der Waals surface area (Å²) in [5.74, 6) is -0.251. The number of urea groups is 1. The molecule has 1 atom stereocenters. The van der Waals surface area contributed by atoms with Gasteiger partial charge < -0.3 is 15.3 Å². The van der Waals surface area contributed by atoms with Crippen LogP contribution in [-0.2, 0) is 0 Å². The minimum absolute atomic E-state index is 0.183. The number of nitrogens with one attached hydrogen (secondary N) is 2. The first-order valence-electron chi connectivity index (χ1n) is 10.8. The lowest BCUT2D eigenvalue weighted by Gasteiger charge is -2.43. The zero-order valence-corrected chi connectivity index (χ0v) is 19.2. The van der Waals surface area contributed by atoms with Crippen LogP contribution in [0, 0.1) is 24.1 Å². The Morgan fingerprint density at radius 3 is 2.72 bits per heavy atom. The number of hydrogen-bond acceptors (Lipinski definition) is 3. The Morgan fingerprint density at radius 2 is 2.03 bits per heavy atom. The number of halogens is 2. The number of aromatic nitrogens is 2. The smallest absolute Gasteiger partial charge is 0.321 e. The number of H-pyrrole nitrogens is 1. The molecule has 2 heterocycles. The van der Waals surface area contributed by atoms with Crippen molar-refractivity contribution < 1.29 is 14.3 Å². The summed E-state index contributed by atoms with van der Waals surface area (Å²) < 4.78 is 14.1. The van der Waals surface area contributed by atoms with Crippen LogP contribution in [0.2, 0.25) is 5.02 Å². The Morgan fingerprint density at radius 1 is 1.31 bits per heavy atom. The number of hydrogen-bond donors (Lipinski definition) is 3. The Labute approximate surface area is 191 Å². The molecule has 0 spiro atoms. The molecule has 2 amide bonds.